The van der Waals surface area contributed by atoms with Crippen LogP contribution in [0.15, 0.2) is 0 Å². The fraction of sp³-hybridized carbons (Fsp3) is 0.600. The minimum atomic E-state index is -0.0315. The molecule has 0 saturated carbocycles. The molecule has 1 amide bonds. The number of hydrogen-bond donors (Lipinski definition) is 3. The highest BCUT2D eigenvalue weighted by Crippen LogP contribution is 2.34. The summed E-state index contributed by atoms with van der Waals surface area (Å²) in [6.07, 6.45) is 0.366. The number of aromatic nitrogens is 1. The van der Waals surface area contributed by atoms with E-state index in [9.17, 15) is 4.79 Å². The lowest BCUT2D eigenvalue weighted by Gasteiger charge is -2.06. The molecule has 0 unspecified atom stereocenters. The van der Waals surface area contributed by atoms with Gasteiger partial charge in [0.25, 0.3) is 0 Å². The van der Waals surface area contributed by atoms with E-state index in [0.717, 1.165) is 5.00 Å². The monoisotopic (exact) mass is 274 g/mol. The Morgan fingerprint density at radius 2 is 2.22 bits per heavy atom. The Morgan fingerprint density at radius 3 is 2.89 bits per heavy atom. The van der Waals surface area contributed by atoms with E-state index in [4.69, 9.17) is 15.2 Å². The number of rotatable bonds is 8. The van der Waals surface area contributed by atoms with Crippen LogP contribution in [0.4, 0.5) is 10.8 Å². The van der Waals surface area contributed by atoms with E-state index in [0.29, 0.717) is 37.7 Å². The van der Waals surface area contributed by atoms with Crippen LogP contribution in [0.2, 0.25) is 0 Å². The lowest BCUT2D eigenvalue weighted by molar-refractivity contribution is -0.121. The molecule has 1 rings (SSSR count). The standard InChI is InChI=1S/C10H18N4O3S/c1-16-6-5-12-7(15)3-4-13-10-8(17-2)9(11)14-18-10/h13H,3-6H2,1-2H3,(H2,11,14)(H,12,15). The third kappa shape index (κ3) is 4.38. The van der Waals surface area contributed by atoms with Crippen molar-refractivity contribution in [2.75, 3.05) is 45.0 Å². The summed E-state index contributed by atoms with van der Waals surface area (Å²) in [5.41, 5.74) is 5.61. The molecule has 0 aromatic carbocycles. The van der Waals surface area contributed by atoms with Crippen molar-refractivity contribution in [3.05, 3.63) is 0 Å². The van der Waals surface area contributed by atoms with Crippen LogP contribution in [-0.2, 0) is 9.53 Å². The van der Waals surface area contributed by atoms with Crippen LogP contribution in [0.5, 0.6) is 5.75 Å². The number of carbonyl (C=O) groups is 1. The van der Waals surface area contributed by atoms with E-state index in [2.05, 4.69) is 15.0 Å². The summed E-state index contributed by atoms with van der Waals surface area (Å²) in [6.45, 7) is 1.53. The quantitative estimate of drug-likeness (QED) is 0.590. The first kappa shape index (κ1) is 14.5. The third-order valence-electron chi connectivity index (χ3n) is 2.14. The Bertz CT molecular complexity index is 383. The van der Waals surface area contributed by atoms with Gasteiger partial charge in [-0.3, -0.25) is 4.79 Å². The van der Waals surface area contributed by atoms with E-state index < -0.39 is 0 Å². The van der Waals surface area contributed by atoms with Crippen LogP contribution in [0.25, 0.3) is 0 Å². The summed E-state index contributed by atoms with van der Waals surface area (Å²) >= 11 is 1.21. The average molecular weight is 274 g/mol. The molecule has 0 bridgehead atoms. The predicted molar refractivity (Wildman–Crippen MR) is 71.1 cm³/mol. The largest absolute Gasteiger partial charge is 0.490 e. The number of nitrogens with zero attached hydrogens (tertiary/aromatic N) is 1. The molecule has 0 aliphatic heterocycles. The van der Waals surface area contributed by atoms with Crippen LogP contribution in [0.3, 0.4) is 0 Å². The van der Waals surface area contributed by atoms with Crippen molar-refractivity contribution in [3.8, 4) is 5.75 Å². The van der Waals surface area contributed by atoms with Gasteiger partial charge in [0.2, 0.25) is 5.91 Å². The summed E-state index contributed by atoms with van der Waals surface area (Å²) in [6, 6.07) is 0. The average Bonchev–Trinajstić information content (AvgIpc) is 2.70. The molecular weight excluding hydrogens is 256 g/mol. The van der Waals surface area contributed by atoms with Crippen LogP contribution < -0.4 is 21.1 Å². The fourth-order valence-corrected chi connectivity index (χ4v) is 1.98. The Morgan fingerprint density at radius 1 is 1.44 bits per heavy atom. The van der Waals surface area contributed by atoms with E-state index in [1.165, 1.54) is 18.6 Å². The van der Waals surface area contributed by atoms with Gasteiger partial charge in [-0.2, -0.15) is 4.37 Å². The number of nitrogens with one attached hydrogen (secondary N) is 2. The molecular formula is C10H18N4O3S. The molecule has 1 aromatic heterocycles. The molecule has 4 N–H and O–H groups in total. The number of nitrogens with two attached hydrogens (primary N) is 1. The second-order valence-corrected chi connectivity index (χ2v) is 4.22. The van der Waals surface area contributed by atoms with Crippen LogP contribution in [-0.4, -0.2) is 44.2 Å². The second kappa shape index (κ2) is 7.72. The first-order valence-corrected chi connectivity index (χ1v) is 6.25. The van der Waals surface area contributed by atoms with Crippen molar-refractivity contribution in [1.29, 1.82) is 0 Å². The number of hydrogen-bond acceptors (Lipinski definition) is 7. The zero-order chi connectivity index (χ0) is 13.4. The molecule has 1 heterocycles. The maximum atomic E-state index is 11.4. The number of nitrogen functional groups attached to an aromatic ring is 1. The number of ether oxygens (including phenoxy) is 2. The smallest absolute Gasteiger partial charge is 0.221 e. The lowest BCUT2D eigenvalue weighted by Crippen LogP contribution is -2.28. The Hall–Kier alpha value is -1.54. The predicted octanol–water partition coefficient (Wildman–Crippen LogP) is 0.298. The summed E-state index contributed by atoms with van der Waals surface area (Å²) < 4.78 is 13.9. The molecule has 102 valence electrons. The molecule has 0 spiro atoms. The minimum Gasteiger partial charge on any atom is -0.490 e. The molecule has 0 aliphatic carbocycles. The van der Waals surface area contributed by atoms with E-state index in [1.54, 1.807) is 7.11 Å². The molecule has 0 aliphatic rings. The maximum absolute atomic E-state index is 11.4. The second-order valence-electron chi connectivity index (χ2n) is 3.45. The summed E-state index contributed by atoms with van der Waals surface area (Å²) in [7, 11) is 3.12. The van der Waals surface area contributed by atoms with Gasteiger partial charge in [-0.05, 0) is 11.5 Å². The number of carbonyl (C=O) groups excluding carboxylic acids is 1. The van der Waals surface area contributed by atoms with E-state index >= 15 is 0 Å². The van der Waals surface area contributed by atoms with E-state index in [1.807, 2.05) is 0 Å². The lowest BCUT2D eigenvalue weighted by atomic mass is 10.4. The van der Waals surface area contributed by atoms with Gasteiger partial charge in [0.15, 0.2) is 16.6 Å². The Labute approximate surface area is 110 Å². The third-order valence-corrected chi connectivity index (χ3v) is 2.94. The molecule has 0 fully saturated rings. The van der Waals surface area contributed by atoms with Crippen molar-refractivity contribution in [2.45, 2.75) is 6.42 Å². The summed E-state index contributed by atoms with van der Waals surface area (Å²) in [4.78, 5) is 11.4. The highest BCUT2D eigenvalue weighted by molar-refractivity contribution is 7.11. The van der Waals surface area contributed by atoms with Crippen molar-refractivity contribution in [1.82, 2.24) is 9.69 Å². The molecule has 8 heteroatoms. The molecule has 18 heavy (non-hydrogen) atoms. The molecule has 7 nitrogen and oxygen atoms in total. The highest BCUT2D eigenvalue weighted by atomic mass is 32.1. The van der Waals surface area contributed by atoms with Crippen LogP contribution in [0.1, 0.15) is 6.42 Å². The van der Waals surface area contributed by atoms with Gasteiger partial charge in [0.1, 0.15) is 0 Å². The summed E-state index contributed by atoms with van der Waals surface area (Å²) in [5, 5.41) is 6.53. The minimum absolute atomic E-state index is 0.0315. The van der Waals surface area contributed by atoms with Crippen molar-refractivity contribution < 1.29 is 14.3 Å². The Kier molecular flexibility index (Phi) is 6.23. The van der Waals surface area contributed by atoms with Gasteiger partial charge in [0.05, 0.1) is 13.7 Å². The van der Waals surface area contributed by atoms with Crippen LogP contribution >= 0.6 is 11.5 Å². The van der Waals surface area contributed by atoms with Crippen molar-refractivity contribution in [2.24, 2.45) is 0 Å². The fourth-order valence-electron chi connectivity index (χ4n) is 1.27. The van der Waals surface area contributed by atoms with Crippen molar-refractivity contribution in [3.63, 3.8) is 0 Å². The van der Waals surface area contributed by atoms with Gasteiger partial charge in [-0.1, -0.05) is 0 Å². The van der Waals surface area contributed by atoms with Gasteiger partial charge in [-0.25, -0.2) is 0 Å². The van der Waals surface area contributed by atoms with E-state index in [-0.39, 0.29) is 5.91 Å². The number of anilines is 2. The van der Waals surface area contributed by atoms with Gasteiger partial charge in [0, 0.05) is 26.6 Å². The topological polar surface area (TPSA) is 98.5 Å². The van der Waals surface area contributed by atoms with Crippen molar-refractivity contribution >= 4 is 28.3 Å². The summed E-state index contributed by atoms with van der Waals surface area (Å²) in [5.74, 6) is 0.852. The molecule has 1 aromatic rings. The molecule has 0 radical (unpaired) electrons. The SMILES string of the molecule is COCCNC(=O)CCNc1snc(N)c1OC. The zero-order valence-corrected chi connectivity index (χ0v) is 11.3. The number of amides is 1. The first-order valence-electron chi connectivity index (χ1n) is 5.47. The number of methoxy groups -OCH3 is 2. The first-order chi connectivity index (χ1) is 8.69. The highest BCUT2D eigenvalue weighted by Gasteiger charge is 2.11. The zero-order valence-electron chi connectivity index (χ0n) is 10.5. The van der Waals surface area contributed by atoms with Gasteiger partial charge >= 0.3 is 0 Å². The van der Waals surface area contributed by atoms with Gasteiger partial charge < -0.3 is 25.8 Å². The normalized spacial score (nSPS) is 10.1. The molecule has 0 saturated heterocycles. The Balaban J connectivity index is 2.26. The maximum Gasteiger partial charge on any atom is 0.221 e. The van der Waals surface area contributed by atoms with Crippen LogP contribution in [0, 0.1) is 0 Å². The van der Waals surface area contributed by atoms with Gasteiger partial charge in [-0.15, -0.1) is 0 Å². The molecule has 0 atom stereocenters.